The minimum Gasteiger partial charge on any atom is -0.457 e. The fourth-order valence-corrected chi connectivity index (χ4v) is 2.76. The van der Waals surface area contributed by atoms with Crippen LogP contribution in [0.1, 0.15) is 33.0 Å². The molecule has 0 saturated heterocycles. The summed E-state index contributed by atoms with van der Waals surface area (Å²) in [6, 6.07) is 13.6. The maximum Gasteiger partial charge on any atom is 0.340 e. The maximum atomic E-state index is 13.2. The van der Waals surface area contributed by atoms with E-state index < -0.39 is 5.97 Å². The number of carbonyl (C=O) groups excluding carboxylic acids is 1. The summed E-state index contributed by atoms with van der Waals surface area (Å²) >= 11 is 0. The highest BCUT2D eigenvalue weighted by atomic mass is 19.1. The molecule has 0 bridgehead atoms. The Morgan fingerprint density at radius 1 is 1.16 bits per heavy atom. The van der Waals surface area contributed by atoms with Crippen molar-refractivity contribution in [3.8, 4) is 0 Å². The lowest BCUT2D eigenvalue weighted by Crippen LogP contribution is -2.09. The molecule has 0 spiro atoms. The average molecular weight is 338 g/mol. The number of rotatable bonds is 5. The van der Waals surface area contributed by atoms with Crippen LogP contribution < -0.4 is 0 Å². The largest absolute Gasteiger partial charge is 0.457 e. The van der Waals surface area contributed by atoms with Gasteiger partial charge in [-0.2, -0.15) is 0 Å². The first-order valence-corrected chi connectivity index (χ1v) is 8.03. The van der Waals surface area contributed by atoms with Gasteiger partial charge in [-0.3, -0.25) is 4.98 Å². The summed E-state index contributed by atoms with van der Waals surface area (Å²) in [7, 11) is 0. The lowest BCUT2D eigenvalue weighted by Gasteiger charge is -2.09. The molecule has 0 aliphatic carbocycles. The molecule has 0 amide bonds. The molecule has 0 N–H and O–H groups in total. The van der Waals surface area contributed by atoms with Gasteiger partial charge in [-0.1, -0.05) is 18.2 Å². The van der Waals surface area contributed by atoms with E-state index in [0.717, 1.165) is 17.1 Å². The molecule has 2 aromatic heterocycles. The van der Waals surface area contributed by atoms with E-state index in [-0.39, 0.29) is 12.4 Å². The molecule has 128 valence electrons. The summed E-state index contributed by atoms with van der Waals surface area (Å²) in [5.41, 5.74) is 3.85. The second-order valence-electron chi connectivity index (χ2n) is 5.90. The smallest absolute Gasteiger partial charge is 0.340 e. The van der Waals surface area contributed by atoms with E-state index in [0.29, 0.717) is 17.7 Å². The highest BCUT2D eigenvalue weighted by molar-refractivity contribution is 5.91. The molecular weight excluding hydrogens is 319 g/mol. The molecule has 0 unspecified atom stereocenters. The van der Waals surface area contributed by atoms with E-state index in [9.17, 15) is 9.18 Å². The first kappa shape index (κ1) is 16.9. The Bertz CT molecular complexity index is 888. The number of esters is 1. The first-order chi connectivity index (χ1) is 12.0. The second-order valence-corrected chi connectivity index (χ2v) is 5.90. The highest BCUT2D eigenvalue weighted by Crippen LogP contribution is 2.18. The number of aromatic nitrogens is 2. The SMILES string of the molecule is Cc1cc(C(=O)OCc2cccc(F)c2)c(C)n1Cc1ccccn1. The van der Waals surface area contributed by atoms with Gasteiger partial charge < -0.3 is 9.30 Å². The van der Waals surface area contributed by atoms with Gasteiger partial charge in [0, 0.05) is 17.6 Å². The van der Waals surface area contributed by atoms with Gasteiger partial charge in [-0.15, -0.1) is 0 Å². The van der Waals surface area contributed by atoms with Crippen molar-refractivity contribution in [2.45, 2.75) is 27.0 Å². The Hall–Kier alpha value is -2.95. The highest BCUT2D eigenvalue weighted by Gasteiger charge is 2.17. The zero-order chi connectivity index (χ0) is 17.8. The van der Waals surface area contributed by atoms with Crippen LogP contribution in [0, 0.1) is 19.7 Å². The molecule has 0 atom stereocenters. The second kappa shape index (κ2) is 7.30. The third-order valence-electron chi connectivity index (χ3n) is 4.10. The number of benzene rings is 1. The fraction of sp³-hybridized carbons (Fsp3) is 0.200. The van der Waals surface area contributed by atoms with Gasteiger partial charge in [0.25, 0.3) is 0 Å². The van der Waals surface area contributed by atoms with Crippen LogP contribution in [0.3, 0.4) is 0 Å². The van der Waals surface area contributed by atoms with Crippen LogP contribution in [0.2, 0.25) is 0 Å². The predicted molar refractivity (Wildman–Crippen MR) is 92.8 cm³/mol. The number of nitrogens with zero attached hydrogens (tertiary/aromatic N) is 2. The molecule has 0 radical (unpaired) electrons. The van der Waals surface area contributed by atoms with Crippen molar-refractivity contribution in [3.63, 3.8) is 0 Å². The first-order valence-electron chi connectivity index (χ1n) is 8.03. The summed E-state index contributed by atoms with van der Waals surface area (Å²) < 4.78 is 20.6. The number of pyridine rings is 1. The monoisotopic (exact) mass is 338 g/mol. The zero-order valence-corrected chi connectivity index (χ0v) is 14.2. The van der Waals surface area contributed by atoms with Crippen molar-refractivity contribution in [3.05, 3.63) is 88.8 Å². The van der Waals surface area contributed by atoms with Gasteiger partial charge in [0.1, 0.15) is 12.4 Å². The van der Waals surface area contributed by atoms with Crippen LogP contribution in [-0.2, 0) is 17.9 Å². The molecule has 2 heterocycles. The number of hydrogen-bond donors (Lipinski definition) is 0. The standard InChI is InChI=1S/C20H19FN2O2/c1-14-10-19(15(2)23(14)12-18-8-3-4-9-22-18)20(24)25-13-16-6-5-7-17(21)11-16/h3-11H,12-13H2,1-2H3. The molecule has 5 heteroatoms. The maximum absolute atomic E-state index is 13.2. The minimum absolute atomic E-state index is 0.0422. The predicted octanol–water partition coefficient (Wildman–Crippen LogP) is 4.04. The van der Waals surface area contributed by atoms with Gasteiger partial charge in [-0.05, 0) is 49.7 Å². The molecule has 0 aliphatic rings. The van der Waals surface area contributed by atoms with Crippen molar-refractivity contribution in [1.82, 2.24) is 9.55 Å². The lowest BCUT2D eigenvalue weighted by atomic mass is 10.2. The quantitative estimate of drug-likeness (QED) is 0.659. The third kappa shape index (κ3) is 3.94. The Morgan fingerprint density at radius 3 is 2.72 bits per heavy atom. The summed E-state index contributed by atoms with van der Waals surface area (Å²) in [5, 5.41) is 0. The van der Waals surface area contributed by atoms with Gasteiger partial charge in [0.15, 0.2) is 0 Å². The molecule has 4 nitrogen and oxygen atoms in total. The van der Waals surface area contributed by atoms with E-state index in [2.05, 4.69) is 4.98 Å². The van der Waals surface area contributed by atoms with Crippen LogP contribution in [0.25, 0.3) is 0 Å². The molecule has 3 rings (SSSR count). The minimum atomic E-state index is -0.412. The topological polar surface area (TPSA) is 44.1 Å². The summed E-state index contributed by atoms with van der Waals surface area (Å²) in [6.45, 7) is 4.46. The number of carbonyl (C=O) groups is 1. The van der Waals surface area contributed by atoms with Crippen molar-refractivity contribution in [2.24, 2.45) is 0 Å². The summed E-state index contributed by atoms with van der Waals surface area (Å²) in [5.74, 6) is -0.758. The normalized spacial score (nSPS) is 10.7. The van der Waals surface area contributed by atoms with Crippen molar-refractivity contribution < 1.29 is 13.9 Å². The van der Waals surface area contributed by atoms with E-state index in [1.54, 1.807) is 18.3 Å². The van der Waals surface area contributed by atoms with E-state index in [1.807, 2.05) is 42.7 Å². The molecule has 25 heavy (non-hydrogen) atoms. The van der Waals surface area contributed by atoms with Crippen LogP contribution in [0.4, 0.5) is 4.39 Å². The van der Waals surface area contributed by atoms with Crippen LogP contribution in [-0.4, -0.2) is 15.5 Å². The van der Waals surface area contributed by atoms with Crippen LogP contribution in [0.15, 0.2) is 54.7 Å². The number of aryl methyl sites for hydroxylation is 1. The van der Waals surface area contributed by atoms with Crippen molar-refractivity contribution >= 4 is 5.97 Å². The molecular formula is C20H19FN2O2. The molecule has 1 aromatic carbocycles. The van der Waals surface area contributed by atoms with Gasteiger partial charge in [0.2, 0.25) is 0 Å². The molecule has 3 aromatic rings. The summed E-state index contributed by atoms with van der Waals surface area (Å²) in [6.07, 6.45) is 1.75. The van der Waals surface area contributed by atoms with Gasteiger partial charge in [-0.25, -0.2) is 9.18 Å². The van der Waals surface area contributed by atoms with Crippen molar-refractivity contribution in [2.75, 3.05) is 0 Å². The Kier molecular flexibility index (Phi) is 4.93. The van der Waals surface area contributed by atoms with Crippen LogP contribution in [0.5, 0.6) is 0 Å². The molecule has 0 fully saturated rings. The fourth-order valence-electron chi connectivity index (χ4n) is 2.76. The van der Waals surface area contributed by atoms with E-state index in [1.165, 1.54) is 12.1 Å². The zero-order valence-electron chi connectivity index (χ0n) is 14.2. The van der Waals surface area contributed by atoms with Gasteiger partial charge >= 0.3 is 5.97 Å². The van der Waals surface area contributed by atoms with Crippen LogP contribution >= 0.6 is 0 Å². The number of halogens is 1. The number of hydrogen-bond acceptors (Lipinski definition) is 3. The Labute approximate surface area is 145 Å². The third-order valence-corrected chi connectivity index (χ3v) is 4.10. The summed E-state index contributed by atoms with van der Waals surface area (Å²) in [4.78, 5) is 16.7. The average Bonchev–Trinajstić information content (AvgIpc) is 2.89. The molecule has 0 aliphatic heterocycles. The lowest BCUT2D eigenvalue weighted by molar-refractivity contribution is 0.0471. The van der Waals surface area contributed by atoms with Gasteiger partial charge in [0.05, 0.1) is 17.8 Å². The number of ether oxygens (including phenoxy) is 1. The Morgan fingerprint density at radius 2 is 2.00 bits per heavy atom. The van der Waals surface area contributed by atoms with E-state index in [4.69, 9.17) is 4.74 Å². The molecule has 0 saturated carbocycles. The van der Waals surface area contributed by atoms with Crippen molar-refractivity contribution in [1.29, 1.82) is 0 Å². The Balaban J connectivity index is 1.74. The van der Waals surface area contributed by atoms with E-state index >= 15 is 0 Å².